The van der Waals surface area contributed by atoms with Gasteiger partial charge < -0.3 is 5.32 Å². The second kappa shape index (κ2) is 6.30. The first-order valence-electron chi connectivity index (χ1n) is 6.56. The second-order valence-electron chi connectivity index (χ2n) is 5.06. The van der Waals surface area contributed by atoms with Crippen LogP contribution in [0.5, 0.6) is 0 Å². The molecule has 0 saturated carbocycles. The molecule has 1 heterocycles. The van der Waals surface area contributed by atoms with Gasteiger partial charge in [0.05, 0.1) is 5.75 Å². The van der Waals surface area contributed by atoms with E-state index in [0.29, 0.717) is 5.56 Å². The van der Waals surface area contributed by atoms with Crippen LogP contribution >= 0.6 is 0 Å². The quantitative estimate of drug-likeness (QED) is 0.826. The lowest BCUT2D eigenvalue weighted by molar-refractivity contribution is 0.102. The fourth-order valence-corrected chi connectivity index (χ4v) is 4.08. The summed E-state index contributed by atoms with van der Waals surface area (Å²) in [5.41, 5.74) is 0.466. The average Bonchev–Trinajstić information content (AvgIpc) is 2.39. The zero-order chi connectivity index (χ0) is 13.7. The molecular weight excluding hydrogens is 262 g/mol. The lowest BCUT2D eigenvalue weighted by atomic mass is 10.0. The van der Waals surface area contributed by atoms with Gasteiger partial charge in [0.2, 0.25) is 0 Å². The van der Waals surface area contributed by atoms with Gasteiger partial charge in [-0.25, -0.2) is 8.42 Å². The smallest absolute Gasteiger partial charge is 0.177 e. The van der Waals surface area contributed by atoms with Crippen molar-refractivity contribution in [3.63, 3.8) is 0 Å². The zero-order valence-electron chi connectivity index (χ0n) is 10.8. The van der Waals surface area contributed by atoms with E-state index < -0.39 is 9.84 Å². The molecule has 104 valence electrons. The van der Waals surface area contributed by atoms with Gasteiger partial charge in [0, 0.05) is 5.56 Å². The number of sulfone groups is 1. The van der Waals surface area contributed by atoms with Crippen LogP contribution in [0.25, 0.3) is 0 Å². The Morgan fingerprint density at radius 1 is 1.26 bits per heavy atom. The predicted molar refractivity (Wildman–Crippen MR) is 75.0 cm³/mol. The van der Waals surface area contributed by atoms with E-state index in [1.54, 1.807) is 30.3 Å². The largest absolute Gasteiger partial charge is 0.316 e. The highest BCUT2D eigenvalue weighted by Crippen LogP contribution is 2.14. The summed E-state index contributed by atoms with van der Waals surface area (Å²) in [5.74, 6) is -0.446. The van der Waals surface area contributed by atoms with Crippen molar-refractivity contribution in [2.75, 3.05) is 24.6 Å². The third kappa shape index (κ3) is 4.44. The summed E-state index contributed by atoms with van der Waals surface area (Å²) < 4.78 is 24.1. The van der Waals surface area contributed by atoms with Gasteiger partial charge in [0.15, 0.2) is 15.6 Å². The van der Waals surface area contributed by atoms with Crippen molar-refractivity contribution in [3.8, 4) is 0 Å². The molecule has 1 aliphatic rings. The van der Waals surface area contributed by atoms with Gasteiger partial charge in [0.1, 0.15) is 5.75 Å². The minimum Gasteiger partial charge on any atom is -0.316 e. The van der Waals surface area contributed by atoms with Gasteiger partial charge in [-0.1, -0.05) is 30.3 Å². The highest BCUT2D eigenvalue weighted by Gasteiger charge is 2.24. The Morgan fingerprint density at radius 2 is 2.00 bits per heavy atom. The molecule has 0 amide bonds. The molecule has 0 spiro atoms. The Labute approximate surface area is 114 Å². The van der Waals surface area contributed by atoms with Gasteiger partial charge in [-0.3, -0.25) is 4.79 Å². The first-order chi connectivity index (χ1) is 9.07. The van der Waals surface area contributed by atoms with E-state index in [0.717, 1.165) is 25.9 Å². The molecule has 1 unspecified atom stereocenters. The van der Waals surface area contributed by atoms with E-state index in [4.69, 9.17) is 0 Å². The van der Waals surface area contributed by atoms with Gasteiger partial charge in [0.25, 0.3) is 0 Å². The summed E-state index contributed by atoms with van der Waals surface area (Å²) in [5, 5.41) is 3.19. The molecule has 1 saturated heterocycles. The van der Waals surface area contributed by atoms with Crippen LogP contribution < -0.4 is 5.32 Å². The summed E-state index contributed by atoms with van der Waals surface area (Å²) in [6, 6.07) is 8.59. The van der Waals surface area contributed by atoms with Gasteiger partial charge in [-0.15, -0.1) is 0 Å². The van der Waals surface area contributed by atoms with E-state index in [9.17, 15) is 13.2 Å². The molecule has 4 nitrogen and oxygen atoms in total. The molecule has 5 heteroatoms. The molecule has 0 bridgehead atoms. The summed E-state index contributed by atoms with van der Waals surface area (Å²) in [7, 11) is -3.32. The van der Waals surface area contributed by atoms with Crippen molar-refractivity contribution in [1.29, 1.82) is 0 Å². The Balaban J connectivity index is 1.95. The molecule has 1 N–H and O–H groups in total. The molecular formula is C14H19NO3S. The van der Waals surface area contributed by atoms with Crippen LogP contribution in [0.15, 0.2) is 30.3 Å². The molecule has 1 aromatic rings. The normalized spacial score (nSPS) is 20.1. The third-order valence-electron chi connectivity index (χ3n) is 3.34. The van der Waals surface area contributed by atoms with Crippen LogP contribution in [-0.4, -0.2) is 38.8 Å². The SMILES string of the molecule is O=C(CS(=O)(=O)CC1CCCNC1)c1ccccc1. The number of Topliss-reactive ketones (excluding diaryl/α,β-unsaturated/α-hetero) is 1. The van der Waals surface area contributed by atoms with Gasteiger partial charge >= 0.3 is 0 Å². The molecule has 0 aromatic heterocycles. The summed E-state index contributed by atoms with van der Waals surface area (Å²) in [6.45, 7) is 1.69. The molecule has 1 atom stereocenters. The van der Waals surface area contributed by atoms with Crippen molar-refractivity contribution in [1.82, 2.24) is 5.32 Å². The highest BCUT2D eigenvalue weighted by molar-refractivity contribution is 7.92. The Hall–Kier alpha value is -1.20. The fourth-order valence-electron chi connectivity index (χ4n) is 2.39. The molecule has 1 aliphatic heterocycles. The maximum Gasteiger partial charge on any atom is 0.177 e. The maximum absolute atomic E-state index is 12.0. The number of carbonyl (C=O) groups is 1. The van der Waals surface area contributed by atoms with Gasteiger partial charge in [-0.2, -0.15) is 0 Å². The molecule has 0 aliphatic carbocycles. The minimum absolute atomic E-state index is 0.110. The maximum atomic E-state index is 12.0. The number of rotatable bonds is 5. The summed E-state index contributed by atoms with van der Waals surface area (Å²) >= 11 is 0. The van der Waals surface area contributed by atoms with Crippen molar-refractivity contribution in [2.45, 2.75) is 12.8 Å². The number of hydrogen-bond donors (Lipinski definition) is 1. The van der Waals surface area contributed by atoms with Crippen molar-refractivity contribution in [3.05, 3.63) is 35.9 Å². The topological polar surface area (TPSA) is 63.2 Å². The van der Waals surface area contributed by atoms with Crippen LogP contribution in [0.1, 0.15) is 23.2 Å². The van der Waals surface area contributed by atoms with Crippen LogP contribution in [0.2, 0.25) is 0 Å². The molecule has 1 fully saturated rings. The van der Waals surface area contributed by atoms with E-state index in [1.165, 1.54) is 0 Å². The number of carbonyl (C=O) groups excluding carboxylic acids is 1. The second-order valence-corrected chi connectivity index (χ2v) is 7.17. The Morgan fingerprint density at radius 3 is 2.63 bits per heavy atom. The first kappa shape index (κ1) is 14.2. The Bertz CT molecular complexity index is 519. The van der Waals surface area contributed by atoms with Crippen LogP contribution in [0.3, 0.4) is 0 Å². The molecule has 19 heavy (non-hydrogen) atoms. The standard InChI is InChI=1S/C14H19NO3S/c16-14(13-6-2-1-3-7-13)11-19(17,18)10-12-5-4-8-15-9-12/h1-3,6-7,12,15H,4-5,8-11H2. The molecule has 1 aromatic carbocycles. The van der Waals surface area contributed by atoms with Crippen molar-refractivity contribution >= 4 is 15.6 Å². The lowest BCUT2D eigenvalue weighted by Crippen LogP contribution is -2.35. The van der Waals surface area contributed by atoms with Crippen LogP contribution in [0.4, 0.5) is 0 Å². The lowest BCUT2D eigenvalue weighted by Gasteiger charge is -2.22. The summed E-state index contributed by atoms with van der Waals surface area (Å²) in [4.78, 5) is 11.9. The fraction of sp³-hybridized carbons (Fsp3) is 0.500. The van der Waals surface area contributed by atoms with Crippen LogP contribution in [-0.2, 0) is 9.84 Å². The van der Waals surface area contributed by atoms with Gasteiger partial charge in [-0.05, 0) is 31.8 Å². The highest BCUT2D eigenvalue weighted by atomic mass is 32.2. The number of benzene rings is 1. The van der Waals surface area contributed by atoms with Crippen molar-refractivity contribution < 1.29 is 13.2 Å². The number of piperidine rings is 1. The van der Waals surface area contributed by atoms with E-state index >= 15 is 0 Å². The zero-order valence-corrected chi connectivity index (χ0v) is 11.7. The summed E-state index contributed by atoms with van der Waals surface area (Å²) in [6.07, 6.45) is 1.93. The number of ketones is 1. The van der Waals surface area contributed by atoms with E-state index in [2.05, 4.69) is 5.32 Å². The average molecular weight is 281 g/mol. The monoisotopic (exact) mass is 281 g/mol. The first-order valence-corrected chi connectivity index (χ1v) is 8.38. The Kier molecular flexibility index (Phi) is 4.71. The van der Waals surface area contributed by atoms with Crippen molar-refractivity contribution in [2.24, 2.45) is 5.92 Å². The molecule has 2 rings (SSSR count). The number of nitrogens with one attached hydrogen (secondary N) is 1. The molecule has 0 radical (unpaired) electrons. The minimum atomic E-state index is -3.32. The predicted octanol–water partition coefficient (Wildman–Crippen LogP) is 1.28. The number of hydrogen-bond acceptors (Lipinski definition) is 4. The third-order valence-corrected chi connectivity index (χ3v) is 5.02. The van der Waals surface area contributed by atoms with E-state index in [1.807, 2.05) is 0 Å². The van der Waals surface area contributed by atoms with E-state index in [-0.39, 0.29) is 23.2 Å². The van der Waals surface area contributed by atoms with Crippen LogP contribution in [0, 0.1) is 5.92 Å².